The summed E-state index contributed by atoms with van der Waals surface area (Å²) in [5.41, 5.74) is 6.21. The highest BCUT2D eigenvalue weighted by atomic mass is 16.6. The van der Waals surface area contributed by atoms with Gasteiger partial charge in [-0.05, 0) is 38.1 Å². The number of aryl methyl sites for hydroxylation is 1. The number of nitrogens with one attached hydrogen (secondary N) is 1. The normalized spacial score (nSPS) is 10.9. The average molecular weight is 363 g/mol. The predicted molar refractivity (Wildman–Crippen MR) is 101 cm³/mol. The van der Waals surface area contributed by atoms with Crippen LogP contribution < -0.4 is 5.43 Å². The number of nitrogens with zero attached hydrogens (tertiary/aromatic N) is 4. The van der Waals surface area contributed by atoms with Gasteiger partial charge in [-0.1, -0.05) is 6.07 Å². The lowest BCUT2D eigenvalue weighted by Crippen LogP contribution is -2.17. The fraction of sp³-hybridized carbons (Fsp3) is 0.105. The monoisotopic (exact) mass is 363 g/mol. The Morgan fingerprint density at radius 1 is 1.22 bits per heavy atom. The van der Waals surface area contributed by atoms with Crippen molar-refractivity contribution in [2.45, 2.75) is 13.8 Å². The number of hydrogen-bond donors (Lipinski definition) is 1. The van der Waals surface area contributed by atoms with Crippen LogP contribution in [-0.4, -0.2) is 26.6 Å². The van der Waals surface area contributed by atoms with Crippen LogP contribution in [0, 0.1) is 24.0 Å². The first-order valence-electron chi connectivity index (χ1n) is 8.14. The molecule has 27 heavy (non-hydrogen) atoms. The lowest BCUT2D eigenvalue weighted by Gasteiger charge is -2.09. The van der Waals surface area contributed by atoms with Crippen molar-refractivity contribution >= 4 is 17.8 Å². The third-order valence-corrected chi connectivity index (χ3v) is 4.08. The molecule has 2 aromatic heterocycles. The Bertz CT molecular complexity index is 1030. The zero-order valence-electron chi connectivity index (χ0n) is 14.8. The summed E-state index contributed by atoms with van der Waals surface area (Å²) in [6.07, 6.45) is 4.62. The van der Waals surface area contributed by atoms with E-state index < -0.39 is 4.92 Å². The van der Waals surface area contributed by atoms with Crippen LogP contribution in [0.4, 0.5) is 5.69 Å². The summed E-state index contributed by atoms with van der Waals surface area (Å²) < 4.78 is 1.90. The van der Waals surface area contributed by atoms with Gasteiger partial charge in [0.1, 0.15) is 0 Å². The van der Waals surface area contributed by atoms with E-state index in [2.05, 4.69) is 15.5 Å². The molecule has 0 aliphatic heterocycles. The Morgan fingerprint density at radius 3 is 2.67 bits per heavy atom. The molecule has 8 heteroatoms. The number of nitro benzene ring substituents is 1. The van der Waals surface area contributed by atoms with Crippen molar-refractivity contribution in [1.82, 2.24) is 15.0 Å². The fourth-order valence-corrected chi connectivity index (χ4v) is 2.79. The van der Waals surface area contributed by atoms with Crippen LogP contribution in [0.1, 0.15) is 27.3 Å². The number of carbonyl (C=O) groups excluding carboxylic acids is 1. The first-order valence-corrected chi connectivity index (χ1v) is 8.14. The minimum atomic E-state index is -0.422. The number of aromatic nitrogens is 2. The zero-order valence-corrected chi connectivity index (χ0v) is 14.8. The molecule has 0 bridgehead atoms. The van der Waals surface area contributed by atoms with Crippen molar-refractivity contribution in [2.24, 2.45) is 5.10 Å². The molecule has 1 aromatic carbocycles. The number of rotatable bonds is 5. The smallest absolute Gasteiger partial charge is 0.271 e. The first kappa shape index (κ1) is 18.0. The van der Waals surface area contributed by atoms with Gasteiger partial charge in [0.05, 0.1) is 16.8 Å². The van der Waals surface area contributed by atoms with E-state index in [-0.39, 0.29) is 11.6 Å². The van der Waals surface area contributed by atoms with Crippen LogP contribution in [0.15, 0.2) is 60.0 Å². The molecule has 8 nitrogen and oxygen atoms in total. The molecule has 0 saturated heterocycles. The molecule has 1 N–H and O–H groups in total. The number of carbonyl (C=O) groups is 1. The zero-order chi connectivity index (χ0) is 19.4. The number of pyridine rings is 1. The Labute approximate surface area is 155 Å². The maximum absolute atomic E-state index is 12.0. The lowest BCUT2D eigenvalue weighted by molar-refractivity contribution is -0.384. The quantitative estimate of drug-likeness (QED) is 0.427. The van der Waals surface area contributed by atoms with Crippen molar-refractivity contribution < 1.29 is 9.72 Å². The van der Waals surface area contributed by atoms with Crippen molar-refractivity contribution in [1.29, 1.82) is 0 Å². The van der Waals surface area contributed by atoms with Gasteiger partial charge in [0.15, 0.2) is 0 Å². The number of hydrazone groups is 1. The van der Waals surface area contributed by atoms with E-state index in [1.165, 1.54) is 24.5 Å². The van der Waals surface area contributed by atoms with Crippen LogP contribution in [0.25, 0.3) is 5.69 Å². The van der Waals surface area contributed by atoms with E-state index in [9.17, 15) is 14.9 Å². The van der Waals surface area contributed by atoms with Gasteiger partial charge in [0.25, 0.3) is 11.6 Å². The van der Waals surface area contributed by atoms with Gasteiger partial charge in [-0.3, -0.25) is 19.9 Å². The van der Waals surface area contributed by atoms with E-state index in [0.717, 1.165) is 17.0 Å². The SMILES string of the molecule is Cc1cc(C=NNC(=O)c2ccncc2)c(C)n1-c1cccc([N+](=O)[O-])c1. The molecule has 3 aromatic rings. The Morgan fingerprint density at radius 2 is 1.96 bits per heavy atom. The summed E-state index contributed by atoms with van der Waals surface area (Å²) in [6, 6.07) is 11.5. The summed E-state index contributed by atoms with van der Waals surface area (Å²) in [4.78, 5) is 26.4. The van der Waals surface area contributed by atoms with Gasteiger partial charge < -0.3 is 4.57 Å². The number of benzene rings is 1. The summed E-state index contributed by atoms with van der Waals surface area (Å²) in [5, 5.41) is 15.0. The second-order valence-corrected chi connectivity index (χ2v) is 5.87. The summed E-state index contributed by atoms with van der Waals surface area (Å²) in [5.74, 6) is -0.332. The molecule has 3 rings (SSSR count). The molecule has 0 aliphatic rings. The molecule has 0 radical (unpaired) electrons. The lowest BCUT2D eigenvalue weighted by atomic mass is 10.2. The van der Waals surface area contributed by atoms with Crippen LogP contribution in [0.3, 0.4) is 0 Å². The molecule has 0 spiro atoms. The highest BCUT2D eigenvalue weighted by Crippen LogP contribution is 2.23. The van der Waals surface area contributed by atoms with Gasteiger partial charge in [0, 0.05) is 47.0 Å². The molecule has 0 saturated carbocycles. The molecule has 136 valence electrons. The predicted octanol–water partition coefficient (Wildman–Crippen LogP) is 3.16. The van der Waals surface area contributed by atoms with Crippen molar-refractivity contribution in [3.8, 4) is 5.69 Å². The average Bonchev–Trinajstić information content (AvgIpc) is 2.96. The standard InChI is InChI=1S/C19H17N5O3/c1-13-10-16(12-21-22-19(25)15-6-8-20-9-7-15)14(2)23(13)17-4-3-5-18(11-17)24(26)27/h3-12H,1-2H3,(H,22,25). The van der Waals surface area contributed by atoms with Crippen LogP contribution in [-0.2, 0) is 0 Å². The Hall–Kier alpha value is -3.81. The highest BCUT2D eigenvalue weighted by Gasteiger charge is 2.13. The Balaban J connectivity index is 1.83. The summed E-state index contributed by atoms with van der Waals surface area (Å²) in [6.45, 7) is 3.79. The molecule has 0 fully saturated rings. The maximum Gasteiger partial charge on any atom is 0.271 e. The van der Waals surface area contributed by atoms with E-state index in [0.29, 0.717) is 11.3 Å². The first-order chi connectivity index (χ1) is 13.0. The molecular formula is C19H17N5O3. The van der Waals surface area contributed by atoms with Crippen LogP contribution in [0.5, 0.6) is 0 Å². The topological polar surface area (TPSA) is 102 Å². The van der Waals surface area contributed by atoms with Gasteiger partial charge >= 0.3 is 0 Å². The van der Waals surface area contributed by atoms with Gasteiger partial charge in [0.2, 0.25) is 0 Å². The number of nitro groups is 1. The minimum Gasteiger partial charge on any atom is -0.318 e. The van der Waals surface area contributed by atoms with Crippen LogP contribution >= 0.6 is 0 Å². The van der Waals surface area contributed by atoms with Gasteiger partial charge in [-0.25, -0.2) is 5.43 Å². The highest BCUT2D eigenvalue weighted by molar-refractivity contribution is 5.94. The van der Waals surface area contributed by atoms with Gasteiger partial charge in [-0.15, -0.1) is 0 Å². The molecule has 2 heterocycles. The largest absolute Gasteiger partial charge is 0.318 e. The molecule has 1 amide bonds. The molecule has 0 unspecified atom stereocenters. The maximum atomic E-state index is 12.0. The van der Waals surface area contributed by atoms with Crippen molar-refractivity contribution in [3.05, 3.63) is 87.5 Å². The number of hydrogen-bond acceptors (Lipinski definition) is 5. The molecular weight excluding hydrogens is 346 g/mol. The third kappa shape index (κ3) is 3.90. The van der Waals surface area contributed by atoms with Crippen molar-refractivity contribution in [3.63, 3.8) is 0 Å². The second kappa shape index (κ2) is 7.61. The Kier molecular flexibility index (Phi) is 5.07. The van der Waals surface area contributed by atoms with Crippen molar-refractivity contribution in [2.75, 3.05) is 0 Å². The number of amides is 1. The second-order valence-electron chi connectivity index (χ2n) is 5.87. The molecule has 0 aliphatic carbocycles. The van der Waals surface area contributed by atoms with Crippen LogP contribution in [0.2, 0.25) is 0 Å². The van der Waals surface area contributed by atoms with E-state index in [1.54, 1.807) is 30.5 Å². The van der Waals surface area contributed by atoms with E-state index >= 15 is 0 Å². The van der Waals surface area contributed by atoms with E-state index in [1.807, 2.05) is 24.5 Å². The van der Waals surface area contributed by atoms with E-state index in [4.69, 9.17) is 0 Å². The fourth-order valence-electron chi connectivity index (χ4n) is 2.79. The number of non-ortho nitro benzene ring substituents is 1. The third-order valence-electron chi connectivity index (χ3n) is 4.08. The van der Waals surface area contributed by atoms with Gasteiger partial charge in [-0.2, -0.15) is 5.10 Å². The summed E-state index contributed by atoms with van der Waals surface area (Å²) >= 11 is 0. The summed E-state index contributed by atoms with van der Waals surface area (Å²) in [7, 11) is 0. The minimum absolute atomic E-state index is 0.0276. The molecule has 0 atom stereocenters.